The minimum Gasteiger partial charge on any atom is -0.456 e. The number of ether oxygens (including phenoxy) is 1. The average molecular weight is 443 g/mol. The molecule has 0 bridgehead atoms. The minimum atomic E-state index is -4.02. The van der Waals surface area contributed by atoms with Crippen LogP contribution in [0.15, 0.2) is 52.5 Å². The first-order valence-corrected chi connectivity index (χ1v) is 11.1. The molecule has 3 N–H and O–H groups in total. The van der Waals surface area contributed by atoms with Crippen molar-refractivity contribution in [3.05, 3.63) is 53.9 Å². The lowest BCUT2D eigenvalue weighted by Crippen LogP contribution is -2.00. The lowest BCUT2D eigenvalue weighted by Gasteiger charge is -1.97. The standard InChI is InChI=1S/C11H11NO4S.C7H8O3S.H2O/c1-3-16-11(13)5-4-9-6-10(8-12-7-9)17(2,14)15;1-6-2-4-7(5-3-6)11(8,9)10;/h6-8H,3H2,1-2H3;2-5H,1H3,(H,8,9,10);1H2. The van der Waals surface area contributed by atoms with Gasteiger partial charge in [0, 0.05) is 30.1 Å². The molecule has 9 nitrogen and oxygen atoms in total. The molecule has 11 heteroatoms. The Bertz CT molecular complexity index is 1100. The molecule has 2 rings (SSSR count). The van der Waals surface area contributed by atoms with E-state index in [2.05, 4.69) is 21.6 Å². The molecule has 0 saturated heterocycles. The van der Waals surface area contributed by atoms with Crippen LogP contribution in [0.1, 0.15) is 18.1 Å². The molecule has 2 aromatic rings. The summed E-state index contributed by atoms with van der Waals surface area (Å²) in [5, 5.41) is 0. The van der Waals surface area contributed by atoms with Crippen molar-refractivity contribution in [2.45, 2.75) is 23.6 Å². The van der Waals surface area contributed by atoms with Gasteiger partial charge in [0.25, 0.3) is 10.1 Å². The van der Waals surface area contributed by atoms with Crippen molar-refractivity contribution in [2.24, 2.45) is 0 Å². The number of hydrogen-bond acceptors (Lipinski definition) is 7. The van der Waals surface area contributed by atoms with Gasteiger partial charge in [-0.3, -0.25) is 9.54 Å². The molecule has 0 amide bonds. The number of pyridine rings is 1. The van der Waals surface area contributed by atoms with Crippen molar-refractivity contribution >= 4 is 25.9 Å². The number of carbonyl (C=O) groups is 1. The largest absolute Gasteiger partial charge is 0.456 e. The Morgan fingerprint density at radius 3 is 2.17 bits per heavy atom. The van der Waals surface area contributed by atoms with Crippen LogP contribution in [-0.4, -0.2) is 50.7 Å². The van der Waals surface area contributed by atoms with Crippen LogP contribution in [0, 0.1) is 18.8 Å². The summed E-state index contributed by atoms with van der Waals surface area (Å²) in [6.45, 7) is 3.76. The zero-order chi connectivity index (χ0) is 21.4. The fourth-order valence-corrected chi connectivity index (χ4v) is 2.76. The number of sulfone groups is 1. The first kappa shape index (κ1) is 26.2. The molecule has 0 radical (unpaired) electrons. The van der Waals surface area contributed by atoms with E-state index in [-0.39, 0.29) is 21.9 Å². The lowest BCUT2D eigenvalue weighted by molar-refractivity contribution is -0.136. The van der Waals surface area contributed by atoms with Gasteiger partial charge in [0.05, 0.1) is 16.4 Å². The highest BCUT2D eigenvalue weighted by Crippen LogP contribution is 2.09. The van der Waals surface area contributed by atoms with Gasteiger partial charge in [-0.25, -0.2) is 13.2 Å². The molecule has 1 heterocycles. The molecular formula is C18H21NO8S2. The third-order valence-corrected chi connectivity index (χ3v) is 4.99. The van der Waals surface area contributed by atoms with Crippen molar-refractivity contribution in [1.29, 1.82) is 0 Å². The van der Waals surface area contributed by atoms with Gasteiger partial charge in [0.2, 0.25) is 0 Å². The highest BCUT2D eigenvalue weighted by molar-refractivity contribution is 7.90. The smallest absolute Gasteiger partial charge is 0.384 e. The zero-order valence-corrected chi connectivity index (χ0v) is 17.5. The summed E-state index contributed by atoms with van der Waals surface area (Å²) in [7, 11) is -7.34. The Balaban J connectivity index is 0.000000568. The van der Waals surface area contributed by atoms with Crippen LogP contribution < -0.4 is 0 Å². The molecule has 0 saturated carbocycles. The van der Waals surface area contributed by atoms with Gasteiger partial charge in [0.1, 0.15) is 0 Å². The number of esters is 1. The van der Waals surface area contributed by atoms with Gasteiger partial charge >= 0.3 is 5.97 Å². The minimum absolute atomic E-state index is 0. The van der Waals surface area contributed by atoms with E-state index in [4.69, 9.17) is 4.55 Å². The number of rotatable bonds is 3. The number of carbonyl (C=O) groups excluding carboxylic acids is 1. The second-order valence-corrected chi connectivity index (χ2v) is 8.88. The third-order valence-electron chi connectivity index (χ3n) is 3.04. The van der Waals surface area contributed by atoms with Gasteiger partial charge in [-0.05, 0) is 32.0 Å². The maximum Gasteiger partial charge on any atom is 0.384 e. The summed E-state index contributed by atoms with van der Waals surface area (Å²) in [5.74, 6) is 4.07. The number of benzene rings is 1. The maximum atomic E-state index is 11.2. The van der Waals surface area contributed by atoms with Crippen LogP contribution >= 0.6 is 0 Å². The summed E-state index contributed by atoms with van der Waals surface area (Å²) >= 11 is 0. The predicted octanol–water partition coefficient (Wildman–Crippen LogP) is 0.817. The van der Waals surface area contributed by atoms with Gasteiger partial charge in [-0.15, -0.1) is 0 Å². The van der Waals surface area contributed by atoms with Crippen LogP contribution in [0.25, 0.3) is 0 Å². The van der Waals surface area contributed by atoms with E-state index < -0.39 is 25.9 Å². The van der Waals surface area contributed by atoms with Crippen molar-refractivity contribution in [3.8, 4) is 11.8 Å². The van der Waals surface area contributed by atoms with E-state index >= 15 is 0 Å². The van der Waals surface area contributed by atoms with Crippen LogP contribution in [0.2, 0.25) is 0 Å². The molecule has 1 aromatic heterocycles. The molecule has 29 heavy (non-hydrogen) atoms. The quantitative estimate of drug-likeness (QED) is 0.414. The Kier molecular flexibility index (Phi) is 10.2. The average Bonchev–Trinajstić information content (AvgIpc) is 2.60. The van der Waals surface area contributed by atoms with Crippen molar-refractivity contribution in [3.63, 3.8) is 0 Å². The Labute approximate surface area is 169 Å². The molecule has 158 valence electrons. The highest BCUT2D eigenvalue weighted by atomic mass is 32.2. The predicted molar refractivity (Wildman–Crippen MR) is 105 cm³/mol. The van der Waals surface area contributed by atoms with E-state index in [9.17, 15) is 21.6 Å². The monoisotopic (exact) mass is 443 g/mol. The second kappa shape index (κ2) is 11.3. The van der Waals surface area contributed by atoms with Crippen LogP contribution in [0.3, 0.4) is 0 Å². The van der Waals surface area contributed by atoms with Gasteiger partial charge in [-0.1, -0.05) is 23.6 Å². The molecule has 0 aliphatic carbocycles. The van der Waals surface area contributed by atoms with Crippen LogP contribution in [0.5, 0.6) is 0 Å². The Morgan fingerprint density at radius 2 is 1.69 bits per heavy atom. The number of nitrogens with zero attached hydrogens (tertiary/aromatic N) is 1. The van der Waals surface area contributed by atoms with Crippen molar-refractivity contribution in [1.82, 2.24) is 4.98 Å². The molecule has 0 fully saturated rings. The molecule has 1 aromatic carbocycles. The Hall–Kier alpha value is -2.78. The first-order chi connectivity index (χ1) is 12.9. The molecule has 0 unspecified atom stereocenters. The molecule has 0 aliphatic rings. The van der Waals surface area contributed by atoms with Gasteiger partial charge in [0.15, 0.2) is 9.84 Å². The van der Waals surface area contributed by atoms with E-state index in [1.807, 2.05) is 6.92 Å². The maximum absolute atomic E-state index is 11.2. The van der Waals surface area contributed by atoms with Crippen LogP contribution in [-0.2, 0) is 29.5 Å². The van der Waals surface area contributed by atoms with Gasteiger partial charge < -0.3 is 10.2 Å². The second-order valence-electron chi connectivity index (χ2n) is 5.44. The summed E-state index contributed by atoms with van der Waals surface area (Å²) in [6.07, 6.45) is 3.68. The number of aryl methyl sites for hydroxylation is 1. The van der Waals surface area contributed by atoms with Crippen molar-refractivity contribution in [2.75, 3.05) is 12.9 Å². The SMILES string of the molecule is CCOC(=O)C#Cc1cncc(S(C)(=O)=O)c1.Cc1ccc(S(=O)(=O)O)cc1.O. The molecular weight excluding hydrogens is 422 g/mol. The normalized spacial score (nSPS) is 10.3. The Morgan fingerprint density at radius 1 is 1.10 bits per heavy atom. The summed E-state index contributed by atoms with van der Waals surface area (Å²) in [6, 6.07) is 7.34. The fourth-order valence-electron chi connectivity index (χ4n) is 1.69. The molecule has 0 atom stereocenters. The highest BCUT2D eigenvalue weighted by Gasteiger charge is 2.07. The topological polar surface area (TPSA) is 159 Å². The van der Waals surface area contributed by atoms with Crippen LogP contribution in [0.4, 0.5) is 0 Å². The summed E-state index contributed by atoms with van der Waals surface area (Å²) < 4.78 is 56.7. The van der Waals surface area contributed by atoms with E-state index in [1.54, 1.807) is 19.1 Å². The summed E-state index contributed by atoms with van der Waals surface area (Å²) in [5.41, 5.74) is 1.30. The van der Waals surface area contributed by atoms with Gasteiger partial charge in [-0.2, -0.15) is 8.42 Å². The number of aromatic nitrogens is 1. The van der Waals surface area contributed by atoms with Crippen molar-refractivity contribution < 1.29 is 36.4 Å². The first-order valence-electron chi connectivity index (χ1n) is 7.81. The fraction of sp³-hybridized carbons (Fsp3) is 0.222. The molecule has 0 spiro atoms. The third kappa shape index (κ3) is 9.82. The van der Waals surface area contributed by atoms with E-state index in [1.165, 1.54) is 30.6 Å². The lowest BCUT2D eigenvalue weighted by atomic mass is 10.2. The van der Waals surface area contributed by atoms with E-state index in [0.29, 0.717) is 5.56 Å². The number of hydrogen-bond donors (Lipinski definition) is 1. The van der Waals surface area contributed by atoms with E-state index in [0.717, 1.165) is 11.8 Å². The summed E-state index contributed by atoms with van der Waals surface area (Å²) in [4.78, 5) is 14.7. The zero-order valence-electron chi connectivity index (χ0n) is 15.9. The molecule has 0 aliphatic heterocycles.